The lowest BCUT2D eigenvalue weighted by molar-refractivity contribution is 0.0703. The third kappa shape index (κ3) is 5.70. The highest BCUT2D eigenvalue weighted by Gasteiger charge is 2.25. The van der Waals surface area contributed by atoms with Crippen LogP contribution in [0, 0.1) is 6.92 Å². The number of carbonyl (C=O) groups is 1. The summed E-state index contributed by atoms with van der Waals surface area (Å²) in [6.45, 7) is 9.12. The van der Waals surface area contributed by atoms with Crippen LogP contribution < -0.4 is 4.74 Å². The van der Waals surface area contributed by atoms with Crippen LogP contribution in [0.2, 0.25) is 0 Å². The molecule has 0 bridgehead atoms. The molecule has 0 N–H and O–H groups in total. The number of carbonyl (C=O) groups excluding carboxylic acids is 1. The Morgan fingerprint density at radius 2 is 1.81 bits per heavy atom. The van der Waals surface area contributed by atoms with Gasteiger partial charge in [0.25, 0.3) is 5.91 Å². The van der Waals surface area contributed by atoms with Crippen LogP contribution in [-0.4, -0.2) is 54.5 Å². The van der Waals surface area contributed by atoms with E-state index in [0.29, 0.717) is 5.92 Å². The molecule has 5 heteroatoms. The van der Waals surface area contributed by atoms with E-state index < -0.39 is 0 Å². The standard InChI is InChI=1S/C26H36N2O3/c1-20(24-11-10-21(2)30-24)12-17-27-18-13-22(14-19-27)31-25-9-5-4-8-23(25)26(29)28-15-6-3-7-16-28/h4-5,8-11,20,22H,3,6-7,12-19H2,1-2H3. The Kier molecular flexibility index (Phi) is 7.33. The van der Waals surface area contributed by atoms with Crippen molar-refractivity contribution in [1.29, 1.82) is 0 Å². The van der Waals surface area contributed by atoms with Gasteiger partial charge in [0.15, 0.2) is 0 Å². The van der Waals surface area contributed by atoms with Gasteiger partial charge in [-0.2, -0.15) is 0 Å². The lowest BCUT2D eigenvalue weighted by Crippen LogP contribution is -2.39. The van der Waals surface area contributed by atoms with Gasteiger partial charge in [0, 0.05) is 32.1 Å². The van der Waals surface area contributed by atoms with Crippen molar-refractivity contribution < 1.29 is 13.9 Å². The number of likely N-dealkylation sites (tertiary alicyclic amines) is 2. The maximum Gasteiger partial charge on any atom is 0.257 e. The fourth-order valence-electron chi connectivity index (χ4n) is 4.68. The molecule has 2 aliphatic rings. The molecule has 3 heterocycles. The normalized spacial score (nSPS) is 19.4. The maximum absolute atomic E-state index is 13.0. The Labute approximate surface area is 186 Å². The van der Waals surface area contributed by atoms with Crippen molar-refractivity contribution in [2.45, 2.75) is 64.4 Å². The average Bonchev–Trinajstić information content (AvgIpc) is 3.25. The first-order chi connectivity index (χ1) is 15.1. The molecule has 0 saturated carbocycles. The summed E-state index contributed by atoms with van der Waals surface area (Å²) in [5.74, 6) is 3.38. The van der Waals surface area contributed by atoms with E-state index in [1.165, 1.54) is 6.42 Å². The van der Waals surface area contributed by atoms with E-state index in [1.807, 2.05) is 42.2 Å². The van der Waals surface area contributed by atoms with Crippen LogP contribution in [0.3, 0.4) is 0 Å². The van der Waals surface area contributed by atoms with Crippen LogP contribution in [0.4, 0.5) is 0 Å². The monoisotopic (exact) mass is 424 g/mol. The number of hydrogen-bond donors (Lipinski definition) is 0. The summed E-state index contributed by atoms with van der Waals surface area (Å²) in [4.78, 5) is 17.5. The molecular formula is C26H36N2O3. The number of amides is 1. The summed E-state index contributed by atoms with van der Waals surface area (Å²) in [5, 5.41) is 0. The number of para-hydroxylation sites is 1. The molecule has 0 aliphatic carbocycles. The molecule has 2 fully saturated rings. The average molecular weight is 425 g/mol. The Morgan fingerprint density at radius 1 is 1.06 bits per heavy atom. The number of rotatable bonds is 7. The Hall–Kier alpha value is -2.27. The van der Waals surface area contributed by atoms with Gasteiger partial charge in [-0.05, 0) is 76.3 Å². The van der Waals surface area contributed by atoms with Crippen LogP contribution in [0.1, 0.15) is 73.2 Å². The second-order valence-corrected chi connectivity index (χ2v) is 9.15. The molecule has 1 aromatic heterocycles. The van der Waals surface area contributed by atoms with Crippen molar-refractivity contribution in [2.75, 3.05) is 32.7 Å². The number of piperidine rings is 2. The summed E-state index contributed by atoms with van der Waals surface area (Å²) in [6.07, 6.45) is 6.71. The van der Waals surface area contributed by atoms with E-state index in [2.05, 4.69) is 17.9 Å². The summed E-state index contributed by atoms with van der Waals surface area (Å²) >= 11 is 0. The van der Waals surface area contributed by atoms with Crippen molar-refractivity contribution in [3.8, 4) is 5.75 Å². The van der Waals surface area contributed by atoms with Gasteiger partial charge >= 0.3 is 0 Å². The Bertz CT molecular complexity index is 848. The molecule has 1 atom stereocenters. The molecule has 1 aromatic carbocycles. The minimum absolute atomic E-state index is 0.120. The minimum Gasteiger partial charge on any atom is -0.489 e. The quantitative estimate of drug-likeness (QED) is 0.609. The molecule has 1 unspecified atom stereocenters. The summed E-state index contributed by atoms with van der Waals surface area (Å²) < 4.78 is 12.1. The lowest BCUT2D eigenvalue weighted by atomic mass is 10.0. The largest absolute Gasteiger partial charge is 0.489 e. The van der Waals surface area contributed by atoms with Crippen molar-refractivity contribution in [3.63, 3.8) is 0 Å². The number of furan rings is 1. The molecule has 2 aromatic rings. The molecule has 0 spiro atoms. The third-order valence-corrected chi connectivity index (χ3v) is 6.71. The minimum atomic E-state index is 0.120. The smallest absolute Gasteiger partial charge is 0.257 e. The SMILES string of the molecule is Cc1ccc(C(C)CCN2CCC(Oc3ccccc3C(=O)N3CCCCC3)CC2)o1. The first kappa shape index (κ1) is 21.9. The molecule has 0 radical (unpaired) electrons. The molecule has 2 aliphatic heterocycles. The van der Waals surface area contributed by atoms with Crippen LogP contribution in [0.15, 0.2) is 40.8 Å². The second-order valence-electron chi connectivity index (χ2n) is 9.15. The van der Waals surface area contributed by atoms with Crippen LogP contribution in [-0.2, 0) is 0 Å². The van der Waals surface area contributed by atoms with Crippen molar-refractivity contribution >= 4 is 5.91 Å². The van der Waals surface area contributed by atoms with E-state index in [0.717, 1.165) is 87.7 Å². The zero-order valence-electron chi connectivity index (χ0n) is 19.0. The Balaban J connectivity index is 1.27. The molecule has 31 heavy (non-hydrogen) atoms. The molecule has 5 nitrogen and oxygen atoms in total. The second kappa shape index (κ2) is 10.4. The van der Waals surface area contributed by atoms with Crippen molar-refractivity contribution in [2.24, 2.45) is 0 Å². The summed E-state index contributed by atoms with van der Waals surface area (Å²) in [7, 11) is 0. The molecular weight excluding hydrogens is 388 g/mol. The number of aryl methyl sites for hydroxylation is 1. The molecule has 2 saturated heterocycles. The predicted molar refractivity (Wildman–Crippen MR) is 123 cm³/mol. The van der Waals surface area contributed by atoms with Crippen molar-refractivity contribution in [1.82, 2.24) is 9.80 Å². The lowest BCUT2D eigenvalue weighted by Gasteiger charge is -2.33. The highest BCUT2D eigenvalue weighted by molar-refractivity contribution is 5.97. The molecule has 1 amide bonds. The predicted octanol–water partition coefficient (Wildman–Crippen LogP) is 5.25. The third-order valence-electron chi connectivity index (χ3n) is 6.71. The highest BCUT2D eigenvalue weighted by Crippen LogP contribution is 2.27. The van der Waals surface area contributed by atoms with Crippen LogP contribution in [0.25, 0.3) is 0 Å². The zero-order chi connectivity index (χ0) is 21.6. The van der Waals surface area contributed by atoms with Gasteiger partial charge in [-0.15, -0.1) is 0 Å². The first-order valence-corrected chi connectivity index (χ1v) is 11.9. The zero-order valence-corrected chi connectivity index (χ0v) is 19.0. The van der Waals surface area contributed by atoms with Gasteiger partial charge in [-0.3, -0.25) is 4.79 Å². The van der Waals surface area contributed by atoms with Gasteiger partial charge in [0.05, 0.1) is 5.56 Å². The van der Waals surface area contributed by atoms with Gasteiger partial charge < -0.3 is 19.0 Å². The highest BCUT2D eigenvalue weighted by atomic mass is 16.5. The fraction of sp³-hybridized carbons (Fsp3) is 0.577. The maximum atomic E-state index is 13.0. The van der Waals surface area contributed by atoms with Crippen LogP contribution in [0.5, 0.6) is 5.75 Å². The molecule has 4 rings (SSSR count). The van der Waals surface area contributed by atoms with E-state index >= 15 is 0 Å². The first-order valence-electron chi connectivity index (χ1n) is 11.9. The van der Waals surface area contributed by atoms with E-state index in [4.69, 9.17) is 9.15 Å². The van der Waals surface area contributed by atoms with Gasteiger partial charge in [0.2, 0.25) is 0 Å². The summed E-state index contributed by atoms with van der Waals surface area (Å²) in [5.41, 5.74) is 0.717. The number of ether oxygens (including phenoxy) is 1. The van der Waals surface area contributed by atoms with Crippen LogP contribution >= 0.6 is 0 Å². The summed E-state index contributed by atoms with van der Waals surface area (Å²) in [6, 6.07) is 11.9. The van der Waals surface area contributed by atoms with Gasteiger partial charge in [-0.1, -0.05) is 19.1 Å². The van der Waals surface area contributed by atoms with Gasteiger partial charge in [-0.25, -0.2) is 0 Å². The van der Waals surface area contributed by atoms with Crippen molar-refractivity contribution in [3.05, 3.63) is 53.5 Å². The molecule has 168 valence electrons. The number of benzene rings is 1. The van der Waals surface area contributed by atoms with Gasteiger partial charge in [0.1, 0.15) is 23.4 Å². The van der Waals surface area contributed by atoms with E-state index in [-0.39, 0.29) is 12.0 Å². The van der Waals surface area contributed by atoms with E-state index in [9.17, 15) is 4.79 Å². The number of hydrogen-bond acceptors (Lipinski definition) is 4. The Morgan fingerprint density at radius 3 is 2.52 bits per heavy atom. The fourth-order valence-corrected chi connectivity index (χ4v) is 4.68. The van der Waals surface area contributed by atoms with E-state index in [1.54, 1.807) is 0 Å². The number of nitrogens with zero attached hydrogens (tertiary/aromatic N) is 2. The topological polar surface area (TPSA) is 45.9 Å².